The second-order valence-electron chi connectivity index (χ2n) is 4.53. The third-order valence-electron chi connectivity index (χ3n) is 2.43. The Kier molecular flexibility index (Phi) is 4.83. The zero-order valence-electron chi connectivity index (χ0n) is 10.2. The smallest absolute Gasteiger partial charge is 0.293 e. The van der Waals surface area contributed by atoms with Crippen LogP contribution in [0, 0.1) is 0 Å². The largest absolute Gasteiger partial charge is 0.358 e. The van der Waals surface area contributed by atoms with E-state index >= 15 is 0 Å². The van der Waals surface area contributed by atoms with Crippen molar-refractivity contribution in [3.63, 3.8) is 0 Å². The van der Waals surface area contributed by atoms with Gasteiger partial charge in [0, 0.05) is 30.2 Å². The first kappa shape index (κ1) is 14.3. The van der Waals surface area contributed by atoms with Crippen LogP contribution in [-0.4, -0.2) is 26.9 Å². The van der Waals surface area contributed by atoms with E-state index in [2.05, 4.69) is 10.3 Å². The topological polar surface area (TPSA) is 46.9 Å². The Balaban J connectivity index is 3.08. The first-order valence-corrected chi connectivity index (χ1v) is 6.47. The van der Waals surface area contributed by atoms with Crippen LogP contribution in [0.2, 0.25) is 0 Å². The molecule has 1 heterocycles. The normalized spacial score (nSPS) is 11.9. The second-order valence-corrected chi connectivity index (χ2v) is 5.07. The molecule has 1 aromatic rings. The Hall–Kier alpha value is -0.740. The maximum absolute atomic E-state index is 12.1. The molecular formula is C11H17Cl2N3O. The average molecular weight is 278 g/mol. The van der Waals surface area contributed by atoms with Crippen molar-refractivity contribution in [3.8, 4) is 0 Å². The molecule has 0 spiro atoms. The van der Waals surface area contributed by atoms with Crippen LogP contribution in [0.5, 0.6) is 0 Å². The van der Waals surface area contributed by atoms with E-state index in [-0.39, 0.29) is 17.4 Å². The summed E-state index contributed by atoms with van der Waals surface area (Å²) in [5.74, 6) is 0.882. The lowest BCUT2D eigenvalue weighted by molar-refractivity contribution is 0.569. The van der Waals surface area contributed by atoms with Crippen molar-refractivity contribution >= 4 is 29.0 Å². The van der Waals surface area contributed by atoms with Crippen molar-refractivity contribution in [2.45, 2.75) is 32.4 Å². The number of hydrogen-bond acceptors (Lipinski definition) is 3. The van der Waals surface area contributed by atoms with Gasteiger partial charge in [-0.15, -0.1) is 23.2 Å². The summed E-state index contributed by atoms with van der Waals surface area (Å²) in [6, 6.07) is 0.0873. The Morgan fingerprint density at radius 2 is 2.06 bits per heavy atom. The first-order valence-electron chi connectivity index (χ1n) is 5.41. The van der Waals surface area contributed by atoms with E-state index in [9.17, 15) is 4.79 Å². The minimum atomic E-state index is -0.536. The molecule has 0 aliphatic carbocycles. The van der Waals surface area contributed by atoms with E-state index in [1.807, 2.05) is 20.8 Å². The Bertz CT molecular complexity index is 427. The summed E-state index contributed by atoms with van der Waals surface area (Å²) in [5.41, 5.74) is -0.699. The number of rotatable bonds is 5. The van der Waals surface area contributed by atoms with Crippen molar-refractivity contribution in [1.82, 2.24) is 9.55 Å². The molecule has 1 N–H and O–H groups in total. The van der Waals surface area contributed by atoms with Crippen LogP contribution in [0.25, 0.3) is 0 Å². The second kappa shape index (κ2) is 5.74. The Morgan fingerprint density at radius 3 is 2.53 bits per heavy atom. The molecular weight excluding hydrogens is 261 g/mol. The van der Waals surface area contributed by atoms with Crippen LogP contribution < -0.4 is 10.9 Å². The lowest BCUT2D eigenvalue weighted by atomic mass is 10.1. The van der Waals surface area contributed by atoms with E-state index in [0.717, 1.165) is 0 Å². The zero-order chi connectivity index (χ0) is 13.1. The van der Waals surface area contributed by atoms with Crippen molar-refractivity contribution < 1.29 is 0 Å². The molecule has 4 nitrogen and oxygen atoms in total. The fraction of sp³-hybridized carbons (Fsp3) is 0.636. The zero-order valence-corrected chi connectivity index (χ0v) is 11.7. The highest BCUT2D eigenvalue weighted by molar-refractivity contribution is 6.22. The molecule has 0 aromatic carbocycles. The Labute approximate surface area is 111 Å². The van der Waals surface area contributed by atoms with Gasteiger partial charge in [-0.25, -0.2) is 4.98 Å². The van der Waals surface area contributed by atoms with Crippen LogP contribution in [-0.2, 0) is 0 Å². The number of aromatic nitrogens is 2. The summed E-state index contributed by atoms with van der Waals surface area (Å²) >= 11 is 11.7. The van der Waals surface area contributed by atoms with Crippen LogP contribution in [0.15, 0.2) is 17.2 Å². The van der Waals surface area contributed by atoms with Gasteiger partial charge in [0.25, 0.3) is 5.56 Å². The third kappa shape index (κ3) is 3.36. The van der Waals surface area contributed by atoms with Gasteiger partial charge in [-0.2, -0.15) is 0 Å². The molecule has 0 aliphatic rings. The number of hydrogen-bond donors (Lipinski definition) is 1. The van der Waals surface area contributed by atoms with Gasteiger partial charge < -0.3 is 9.88 Å². The molecule has 0 fully saturated rings. The summed E-state index contributed by atoms with van der Waals surface area (Å²) in [6.45, 7) is 5.72. The number of halogens is 2. The van der Waals surface area contributed by atoms with Crippen LogP contribution in [0.4, 0.5) is 5.82 Å². The van der Waals surface area contributed by atoms with E-state index in [1.165, 1.54) is 0 Å². The van der Waals surface area contributed by atoms with Gasteiger partial charge in [0.05, 0.1) is 5.54 Å². The number of nitrogens with one attached hydrogen (secondary N) is 1. The maximum Gasteiger partial charge on any atom is 0.293 e. The molecule has 0 atom stereocenters. The summed E-state index contributed by atoms with van der Waals surface area (Å²) in [5, 5.41) is 3.01. The van der Waals surface area contributed by atoms with Crippen molar-refractivity contribution in [3.05, 3.63) is 22.7 Å². The molecule has 6 heteroatoms. The van der Waals surface area contributed by atoms with E-state index in [1.54, 1.807) is 17.0 Å². The number of anilines is 1. The van der Waals surface area contributed by atoms with E-state index in [0.29, 0.717) is 11.8 Å². The first-order chi connectivity index (χ1) is 7.93. The lowest BCUT2D eigenvalue weighted by Crippen LogP contribution is -2.42. The molecule has 0 saturated heterocycles. The van der Waals surface area contributed by atoms with Gasteiger partial charge in [-0.3, -0.25) is 4.79 Å². The van der Waals surface area contributed by atoms with Crippen molar-refractivity contribution in [1.29, 1.82) is 0 Å². The lowest BCUT2D eigenvalue weighted by Gasteiger charge is -2.26. The minimum absolute atomic E-state index is 0.0873. The quantitative estimate of drug-likeness (QED) is 0.842. The van der Waals surface area contributed by atoms with Crippen LogP contribution >= 0.6 is 23.2 Å². The van der Waals surface area contributed by atoms with Gasteiger partial charge in [-0.1, -0.05) is 0 Å². The third-order valence-corrected chi connectivity index (χ3v) is 3.61. The summed E-state index contributed by atoms with van der Waals surface area (Å²) < 4.78 is 1.61. The Morgan fingerprint density at radius 1 is 1.47 bits per heavy atom. The molecule has 0 bridgehead atoms. The maximum atomic E-state index is 12.1. The van der Waals surface area contributed by atoms with Crippen molar-refractivity contribution in [2.24, 2.45) is 0 Å². The summed E-state index contributed by atoms with van der Waals surface area (Å²) in [4.78, 5) is 16.1. The van der Waals surface area contributed by atoms with Gasteiger partial charge >= 0.3 is 0 Å². The number of alkyl halides is 2. The highest BCUT2D eigenvalue weighted by atomic mass is 35.5. The molecule has 17 heavy (non-hydrogen) atoms. The SMILES string of the molecule is CC(C)n1ccnc(NC(C)(CCl)CCl)c1=O. The van der Waals surface area contributed by atoms with E-state index in [4.69, 9.17) is 23.2 Å². The predicted molar refractivity (Wildman–Crippen MR) is 72.3 cm³/mol. The highest BCUT2D eigenvalue weighted by Crippen LogP contribution is 2.14. The van der Waals surface area contributed by atoms with Gasteiger partial charge in [0.1, 0.15) is 0 Å². The molecule has 0 aliphatic heterocycles. The molecule has 1 aromatic heterocycles. The number of nitrogens with zero attached hydrogens (tertiary/aromatic N) is 2. The van der Waals surface area contributed by atoms with Gasteiger partial charge in [-0.05, 0) is 20.8 Å². The molecule has 0 unspecified atom stereocenters. The average Bonchev–Trinajstić information content (AvgIpc) is 2.31. The molecule has 0 amide bonds. The van der Waals surface area contributed by atoms with Crippen LogP contribution in [0.3, 0.4) is 0 Å². The molecule has 1 rings (SSSR count). The standard InChI is InChI=1S/C11H17Cl2N3O/c1-8(2)16-5-4-14-9(10(16)17)15-11(3,6-12)7-13/h4-5,8H,6-7H2,1-3H3,(H,14,15). The molecule has 0 saturated carbocycles. The van der Waals surface area contributed by atoms with E-state index < -0.39 is 5.54 Å². The van der Waals surface area contributed by atoms with Gasteiger partial charge in [0.2, 0.25) is 0 Å². The molecule has 96 valence electrons. The minimum Gasteiger partial charge on any atom is -0.358 e. The van der Waals surface area contributed by atoms with Crippen LogP contribution in [0.1, 0.15) is 26.8 Å². The predicted octanol–water partition coefficient (Wildman–Crippen LogP) is 2.47. The van der Waals surface area contributed by atoms with Gasteiger partial charge in [0.15, 0.2) is 5.82 Å². The fourth-order valence-electron chi connectivity index (χ4n) is 1.31. The highest BCUT2D eigenvalue weighted by Gasteiger charge is 2.23. The summed E-state index contributed by atoms with van der Waals surface area (Å²) in [7, 11) is 0. The van der Waals surface area contributed by atoms with Crippen molar-refractivity contribution in [2.75, 3.05) is 17.1 Å². The summed E-state index contributed by atoms with van der Waals surface area (Å²) in [6.07, 6.45) is 3.25. The molecule has 0 radical (unpaired) electrons. The fourth-order valence-corrected chi connectivity index (χ4v) is 1.72. The monoisotopic (exact) mass is 277 g/mol.